The Morgan fingerprint density at radius 3 is 2.77 bits per heavy atom. The van der Waals surface area contributed by atoms with Crippen LogP contribution >= 0.6 is 0 Å². The van der Waals surface area contributed by atoms with Crippen molar-refractivity contribution in [1.29, 1.82) is 0 Å². The van der Waals surface area contributed by atoms with Crippen molar-refractivity contribution in [3.8, 4) is 0 Å². The number of allylic oxidation sites excluding steroid dienone is 4. The highest BCUT2D eigenvalue weighted by atomic mass is 16.5. The average molecular weight is 358 g/mol. The fourth-order valence-electron chi connectivity index (χ4n) is 5.10. The molecule has 26 heavy (non-hydrogen) atoms. The van der Waals surface area contributed by atoms with E-state index in [1.54, 1.807) is 0 Å². The summed E-state index contributed by atoms with van der Waals surface area (Å²) in [5, 5.41) is 10.3. The van der Waals surface area contributed by atoms with Crippen LogP contribution in [0.3, 0.4) is 0 Å². The van der Waals surface area contributed by atoms with E-state index in [1.807, 2.05) is 0 Å². The first kappa shape index (κ1) is 17.8. The summed E-state index contributed by atoms with van der Waals surface area (Å²) in [5.41, 5.74) is 1.03. The summed E-state index contributed by atoms with van der Waals surface area (Å²) in [5.74, 6) is -0.0449. The van der Waals surface area contributed by atoms with E-state index in [0.29, 0.717) is 12.4 Å². The van der Waals surface area contributed by atoms with Crippen LogP contribution < -0.4 is 0 Å². The maximum absolute atomic E-state index is 12.4. The molecule has 0 saturated carbocycles. The van der Waals surface area contributed by atoms with E-state index in [-0.39, 0.29) is 40.8 Å². The molecule has 0 radical (unpaired) electrons. The Labute approximate surface area is 155 Å². The van der Waals surface area contributed by atoms with E-state index >= 15 is 0 Å². The number of hydrogen-bond acceptors (Lipinski definition) is 4. The number of ether oxygens (including phenoxy) is 2. The van der Waals surface area contributed by atoms with E-state index < -0.39 is 5.60 Å². The molecule has 4 nitrogen and oxygen atoms in total. The third-order valence-corrected chi connectivity index (χ3v) is 6.80. The van der Waals surface area contributed by atoms with E-state index in [2.05, 4.69) is 45.9 Å². The zero-order valence-electron chi connectivity index (χ0n) is 16.2. The number of aliphatic hydroxyl groups is 1. The maximum Gasteiger partial charge on any atom is 0.206 e. The summed E-state index contributed by atoms with van der Waals surface area (Å²) in [7, 11) is 0. The van der Waals surface area contributed by atoms with E-state index in [9.17, 15) is 9.90 Å². The molecule has 4 rings (SSSR count). The summed E-state index contributed by atoms with van der Waals surface area (Å²) in [6.45, 7) is 9.21. The molecule has 0 spiro atoms. The van der Waals surface area contributed by atoms with Gasteiger partial charge in [-0.25, -0.2) is 0 Å². The van der Waals surface area contributed by atoms with Gasteiger partial charge in [0, 0.05) is 12.3 Å². The van der Waals surface area contributed by atoms with Crippen LogP contribution in [0.4, 0.5) is 0 Å². The minimum Gasteiger partial charge on any atom is -0.502 e. The van der Waals surface area contributed by atoms with E-state index in [1.165, 1.54) is 5.57 Å². The molecule has 0 aromatic carbocycles. The quantitative estimate of drug-likeness (QED) is 0.649. The minimum atomic E-state index is -0.471. The predicted molar refractivity (Wildman–Crippen MR) is 99.5 cm³/mol. The van der Waals surface area contributed by atoms with E-state index in [4.69, 9.17) is 9.47 Å². The molecular weight excluding hydrogens is 328 g/mol. The lowest BCUT2D eigenvalue weighted by atomic mass is 9.71. The number of aliphatic hydroxyl groups excluding tert-OH is 1. The van der Waals surface area contributed by atoms with Crippen LogP contribution in [0.2, 0.25) is 0 Å². The summed E-state index contributed by atoms with van der Waals surface area (Å²) < 4.78 is 12.5. The van der Waals surface area contributed by atoms with Gasteiger partial charge in [0.2, 0.25) is 5.78 Å². The Balaban J connectivity index is 1.73. The molecule has 0 bridgehead atoms. The first-order valence-corrected chi connectivity index (χ1v) is 9.83. The van der Waals surface area contributed by atoms with Crippen molar-refractivity contribution in [2.24, 2.45) is 23.2 Å². The maximum atomic E-state index is 12.4. The van der Waals surface area contributed by atoms with Crippen molar-refractivity contribution in [1.82, 2.24) is 0 Å². The zero-order valence-corrected chi connectivity index (χ0v) is 16.2. The topological polar surface area (TPSA) is 55.8 Å². The van der Waals surface area contributed by atoms with Crippen molar-refractivity contribution in [3.63, 3.8) is 0 Å². The number of Topliss-reactive ketones (excluding diaryl/α,β-unsaturated/α-hetero) is 1. The molecular formula is C22H30O4. The number of carbonyl (C=O) groups excluding carboxylic acids is 1. The lowest BCUT2D eigenvalue weighted by Crippen LogP contribution is -2.51. The van der Waals surface area contributed by atoms with Crippen LogP contribution in [-0.2, 0) is 14.3 Å². The molecule has 2 heterocycles. The van der Waals surface area contributed by atoms with Crippen LogP contribution in [0, 0.1) is 23.2 Å². The highest BCUT2D eigenvalue weighted by Crippen LogP contribution is 2.54. The SMILES string of the molecule is C/C1=C/CC(C)(C)/C=C\C[C@@]2(C)OC3=C(O)C(=O)[C@H]4CO[C@H]([C@@H]34)[C@@H]2CC1. The summed E-state index contributed by atoms with van der Waals surface area (Å²) in [6.07, 6.45) is 10.6. The molecule has 5 atom stereocenters. The monoisotopic (exact) mass is 358 g/mol. The van der Waals surface area contributed by atoms with Gasteiger partial charge in [-0.2, -0.15) is 0 Å². The van der Waals surface area contributed by atoms with Gasteiger partial charge in [0.1, 0.15) is 11.4 Å². The lowest BCUT2D eigenvalue weighted by molar-refractivity contribution is -0.139. The summed E-state index contributed by atoms with van der Waals surface area (Å²) in [4.78, 5) is 12.4. The van der Waals surface area contributed by atoms with Crippen molar-refractivity contribution >= 4 is 5.78 Å². The summed E-state index contributed by atoms with van der Waals surface area (Å²) in [6, 6.07) is 0. The lowest BCUT2D eigenvalue weighted by Gasteiger charge is -2.47. The Morgan fingerprint density at radius 2 is 2.00 bits per heavy atom. The molecule has 2 fully saturated rings. The molecule has 0 unspecified atom stereocenters. The molecule has 4 aliphatic rings. The molecule has 2 aliphatic heterocycles. The van der Waals surface area contributed by atoms with Crippen molar-refractivity contribution in [2.75, 3.05) is 6.61 Å². The molecule has 2 saturated heterocycles. The second-order valence-corrected chi connectivity index (χ2v) is 9.42. The largest absolute Gasteiger partial charge is 0.502 e. The Hall–Kier alpha value is -1.55. The Morgan fingerprint density at radius 1 is 1.23 bits per heavy atom. The standard InChI is InChI=1S/C22H30O4/c1-13-6-7-15-19-16-14(12-25-19)17(23)18(24)20(16)26-22(15,4)10-5-9-21(2,3)11-8-13/h5,8-9,14-16,19,24H,6-7,10-12H2,1-4H3/b9-5-,13-8-/t14-,15-,16-,19-,22+/m0/s1. The van der Waals surface area contributed by atoms with Crippen LogP contribution in [0.1, 0.15) is 53.4 Å². The molecule has 0 amide bonds. The fourth-order valence-corrected chi connectivity index (χ4v) is 5.10. The van der Waals surface area contributed by atoms with Gasteiger partial charge >= 0.3 is 0 Å². The van der Waals surface area contributed by atoms with E-state index in [0.717, 1.165) is 25.7 Å². The molecule has 0 aromatic heterocycles. The van der Waals surface area contributed by atoms with Gasteiger partial charge < -0.3 is 14.6 Å². The normalized spacial score (nSPS) is 45.1. The van der Waals surface area contributed by atoms with Crippen molar-refractivity contribution in [3.05, 3.63) is 35.3 Å². The minimum absolute atomic E-state index is 0.0442. The Bertz CT molecular complexity index is 714. The van der Waals surface area contributed by atoms with Crippen LogP contribution in [0.25, 0.3) is 0 Å². The Kier molecular flexibility index (Phi) is 4.11. The first-order chi connectivity index (χ1) is 12.2. The van der Waals surface area contributed by atoms with Crippen molar-refractivity contribution < 1.29 is 19.4 Å². The molecule has 1 N–H and O–H groups in total. The number of carbonyl (C=O) groups is 1. The van der Waals surface area contributed by atoms with Gasteiger partial charge in [0.15, 0.2) is 5.76 Å². The third kappa shape index (κ3) is 2.74. The predicted octanol–water partition coefficient (Wildman–Crippen LogP) is 4.48. The van der Waals surface area contributed by atoms with Gasteiger partial charge in [0.05, 0.1) is 24.5 Å². The number of ketones is 1. The van der Waals surface area contributed by atoms with Gasteiger partial charge in [-0.15, -0.1) is 0 Å². The molecule has 0 aromatic rings. The number of fused-ring (bicyclic) bond motifs is 2. The first-order valence-electron chi connectivity index (χ1n) is 9.83. The molecule has 2 aliphatic carbocycles. The van der Waals surface area contributed by atoms with Gasteiger partial charge in [-0.3, -0.25) is 4.79 Å². The highest BCUT2D eigenvalue weighted by Gasteiger charge is 2.61. The van der Waals surface area contributed by atoms with Gasteiger partial charge in [-0.05, 0) is 38.5 Å². The number of rotatable bonds is 0. The highest BCUT2D eigenvalue weighted by molar-refractivity contribution is 5.99. The van der Waals surface area contributed by atoms with Crippen LogP contribution in [0.5, 0.6) is 0 Å². The zero-order chi connectivity index (χ0) is 18.7. The smallest absolute Gasteiger partial charge is 0.206 e. The van der Waals surface area contributed by atoms with Crippen LogP contribution in [-0.4, -0.2) is 29.2 Å². The summed E-state index contributed by atoms with van der Waals surface area (Å²) >= 11 is 0. The van der Waals surface area contributed by atoms with Gasteiger partial charge in [-0.1, -0.05) is 37.6 Å². The average Bonchev–Trinajstić information content (AvgIpc) is 3.09. The van der Waals surface area contributed by atoms with Crippen LogP contribution in [0.15, 0.2) is 35.3 Å². The van der Waals surface area contributed by atoms with Crippen molar-refractivity contribution in [2.45, 2.75) is 65.1 Å². The molecule has 142 valence electrons. The third-order valence-electron chi connectivity index (χ3n) is 6.80. The second-order valence-electron chi connectivity index (χ2n) is 9.42. The van der Waals surface area contributed by atoms with Gasteiger partial charge in [0.25, 0.3) is 0 Å². The number of hydrogen-bond donors (Lipinski definition) is 1. The second kappa shape index (κ2) is 5.98. The fraction of sp³-hybridized carbons (Fsp3) is 0.682. The molecule has 4 heteroatoms.